The zero-order chi connectivity index (χ0) is 12.1. The van der Waals surface area contributed by atoms with Crippen LogP contribution < -0.4 is 11.1 Å². The molecule has 0 aliphatic heterocycles. The zero-order valence-electron chi connectivity index (χ0n) is 8.97. The van der Waals surface area contributed by atoms with E-state index >= 15 is 0 Å². The fraction of sp³-hybridized carbons (Fsp3) is 0.333. The van der Waals surface area contributed by atoms with Crippen molar-refractivity contribution in [1.82, 2.24) is 19.6 Å². The van der Waals surface area contributed by atoms with E-state index in [1.807, 2.05) is 6.07 Å². The van der Waals surface area contributed by atoms with Gasteiger partial charge in [-0.3, -0.25) is 5.10 Å². The molecule has 0 unspecified atom stereocenters. The number of aromatic nitrogens is 4. The predicted molar refractivity (Wildman–Crippen MR) is 64.4 cm³/mol. The number of rotatable bonds is 5. The highest BCUT2D eigenvalue weighted by Gasteiger charge is 2.09. The second-order valence-electron chi connectivity index (χ2n) is 3.35. The summed E-state index contributed by atoms with van der Waals surface area (Å²) in [5.41, 5.74) is 5.97. The summed E-state index contributed by atoms with van der Waals surface area (Å²) in [6.45, 7) is 0.733. The van der Waals surface area contributed by atoms with Gasteiger partial charge in [-0.1, -0.05) is 0 Å². The Labute approximate surface area is 102 Å². The van der Waals surface area contributed by atoms with Crippen molar-refractivity contribution in [3.63, 3.8) is 0 Å². The number of anilines is 2. The molecular formula is C9H11N7S. The molecule has 0 spiro atoms. The van der Waals surface area contributed by atoms with E-state index < -0.39 is 0 Å². The maximum atomic E-state index is 8.87. The predicted octanol–water partition coefficient (Wildman–Crippen LogP) is 0.760. The Morgan fingerprint density at radius 2 is 2.47 bits per heavy atom. The van der Waals surface area contributed by atoms with Crippen LogP contribution >= 0.6 is 11.5 Å². The summed E-state index contributed by atoms with van der Waals surface area (Å²) in [7, 11) is 0. The van der Waals surface area contributed by atoms with Gasteiger partial charge in [0.25, 0.3) is 0 Å². The fourth-order valence-electron chi connectivity index (χ4n) is 1.34. The lowest BCUT2D eigenvalue weighted by molar-refractivity contribution is 0.807. The van der Waals surface area contributed by atoms with E-state index in [0.717, 1.165) is 30.2 Å². The number of nitrogens with zero attached hydrogens (tertiary/aromatic N) is 4. The summed E-state index contributed by atoms with van der Waals surface area (Å²) in [5, 5.41) is 19.3. The van der Waals surface area contributed by atoms with E-state index in [1.165, 1.54) is 17.9 Å². The number of nitriles is 1. The minimum absolute atomic E-state index is 0.287. The van der Waals surface area contributed by atoms with Gasteiger partial charge in [-0.15, -0.1) is 0 Å². The molecule has 0 aliphatic carbocycles. The van der Waals surface area contributed by atoms with Crippen LogP contribution in [0.2, 0.25) is 0 Å². The average molecular weight is 249 g/mol. The second kappa shape index (κ2) is 5.27. The van der Waals surface area contributed by atoms with Crippen LogP contribution in [0.5, 0.6) is 0 Å². The van der Waals surface area contributed by atoms with Gasteiger partial charge in [0, 0.05) is 13.0 Å². The molecule has 0 amide bonds. The molecule has 88 valence electrons. The van der Waals surface area contributed by atoms with E-state index in [-0.39, 0.29) is 5.82 Å². The maximum Gasteiger partial charge on any atom is 0.157 e. The molecule has 0 bridgehead atoms. The van der Waals surface area contributed by atoms with E-state index in [4.69, 9.17) is 11.0 Å². The smallest absolute Gasteiger partial charge is 0.157 e. The Hall–Kier alpha value is -2.14. The molecule has 0 atom stereocenters. The van der Waals surface area contributed by atoms with Crippen molar-refractivity contribution >= 4 is 22.4 Å². The molecule has 0 aliphatic rings. The van der Waals surface area contributed by atoms with Crippen LogP contribution in [0.25, 0.3) is 0 Å². The van der Waals surface area contributed by atoms with Crippen molar-refractivity contribution in [3.8, 4) is 6.07 Å². The third-order valence-corrected chi connectivity index (χ3v) is 2.99. The van der Waals surface area contributed by atoms with E-state index in [0.29, 0.717) is 5.56 Å². The topological polar surface area (TPSA) is 116 Å². The van der Waals surface area contributed by atoms with Crippen LogP contribution in [0.4, 0.5) is 10.8 Å². The summed E-state index contributed by atoms with van der Waals surface area (Å²) in [4.78, 5) is 4.02. The number of hydrogen-bond acceptors (Lipinski definition) is 7. The minimum atomic E-state index is 0.287. The quantitative estimate of drug-likeness (QED) is 0.673. The molecule has 0 saturated carbocycles. The molecule has 0 radical (unpaired) electrons. The van der Waals surface area contributed by atoms with Crippen LogP contribution in [0.1, 0.15) is 17.8 Å². The van der Waals surface area contributed by atoms with Crippen molar-refractivity contribution in [2.24, 2.45) is 0 Å². The fourth-order valence-corrected chi connectivity index (χ4v) is 2.03. The summed E-state index contributed by atoms with van der Waals surface area (Å²) in [6.07, 6.45) is 3.18. The SMILES string of the molecule is N#Cc1c(N)nsc1NCCCc1ncn[nH]1. The first kappa shape index (κ1) is 11.3. The van der Waals surface area contributed by atoms with E-state index in [2.05, 4.69) is 24.9 Å². The zero-order valence-corrected chi connectivity index (χ0v) is 9.79. The number of nitrogens with one attached hydrogen (secondary N) is 2. The van der Waals surface area contributed by atoms with Crippen molar-refractivity contribution in [1.29, 1.82) is 5.26 Å². The van der Waals surface area contributed by atoms with Gasteiger partial charge in [0.05, 0.1) is 0 Å². The van der Waals surface area contributed by atoms with Crippen molar-refractivity contribution < 1.29 is 0 Å². The number of H-pyrrole nitrogens is 1. The summed E-state index contributed by atoms with van der Waals surface area (Å²) < 4.78 is 3.92. The van der Waals surface area contributed by atoms with Gasteiger partial charge >= 0.3 is 0 Å². The first-order valence-electron chi connectivity index (χ1n) is 5.04. The highest BCUT2D eigenvalue weighted by Crippen LogP contribution is 2.25. The highest BCUT2D eigenvalue weighted by atomic mass is 32.1. The standard InChI is InChI=1S/C9H11N7S/c10-4-6-8(11)16-17-9(6)12-3-1-2-7-13-5-14-15-7/h5,12H,1-3H2,(H2,11,16)(H,13,14,15). The number of aryl methyl sites for hydroxylation is 1. The van der Waals surface area contributed by atoms with Crippen LogP contribution in [0, 0.1) is 11.3 Å². The third-order valence-electron chi connectivity index (χ3n) is 2.17. The van der Waals surface area contributed by atoms with Crippen molar-refractivity contribution in [2.45, 2.75) is 12.8 Å². The minimum Gasteiger partial charge on any atom is -0.382 e. The number of nitrogens with two attached hydrogens (primary N) is 1. The summed E-state index contributed by atoms with van der Waals surface area (Å²) in [6, 6.07) is 2.03. The molecule has 0 saturated heterocycles. The van der Waals surface area contributed by atoms with Gasteiger partial charge in [0.2, 0.25) is 0 Å². The largest absolute Gasteiger partial charge is 0.382 e. The second-order valence-corrected chi connectivity index (χ2v) is 4.12. The molecule has 2 aromatic rings. The molecule has 4 N–H and O–H groups in total. The Morgan fingerprint density at radius 1 is 1.59 bits per heavy atom. The molecule has 2 aromatic heterocycles. The average Bonchev–Trinajstić information content (AvgIpc) is 2.94. The van der Waals surface area contributed by atoms with Crippen molar-refractivity contribution in [2.75, 3.05) is 17.6 Å². The lowest BCUT2D eigenvalue weighted by Crippen LogP contribution is -2.03. The van der Waals surface area contributed by atoms with Crippen LogP contribution in [0.3, 0.4) is 0 Å². The Kier molecular flexibility index (Phi) is 3.52. The van der Waals surface area contributed by atoms with Crippen LogP contribution in [0.15, 0.2) is 6.33 Å². The Bertz CT molecular complexity index is 510. The summed E-state index contributed by atoms with van der Waals surface area (Å²) in [5.74, 6) is 1.14. The van der Waals surface area contributed by atoms with Gasteiger partial charge in [-0.25, -0.2) is 4.98 Å². The number of nitrogen functional groups attached to an aromatic ring is 1. The van der Waals surface area contributed by atoms with E-state index in [9.17, 15) is 0 Å². The lowest BCUT2D eigenvalue weighted by atomic mass is 10.3. The van der Waals surface area contributed by atoms with Gasteiger partial charge in [0.15, 0.2) is 5.82 Å². The molecular weight excluding hydrogens is 238 g/mol. The lowest BCUT2D eigenvalue weighted by Gasteiger charge is -2.01. The molecule has 8 heteroatoms. The third kappa shape index (κ3) is 2.70. The summed E-state index contributed by atoms with van der Waals surface area (Å²) >= 11 is 1.20. The molecule has 2 heterocycles. The maximum absolute atomic E-state index is 8.87. The first-order chi connectivity index (χ1) is 8.31. The van der Waals surface area contributed by atoms with Gasteiger partial charge in [0.1, 0.15) is 28.8 Å². The monoisotopic (exact) mass is 249 g/mol. The van der Waals surface area contributed by atoms with Gasteiger partial charge in [-0.2, -0.15) is 14.7 Å². The molecule has 17 heavy (non-hydrogen) atoms. The van der Waals surface area contributed by atoms with Gasteiger partial charge in [-0.05, 0) is 18.0 Å². The Morgan fingerprint density at radius 3 is 3.18 bits per heavy atom. The highest BCUT2D eigenvalue weighted by molar-refractivity contribution is 7.10. The number of aromatic amines is 1. The first-order valence-corrected chi connectivity index (χ1v) is 5.82. The Balaban J connectivity index is 1.80. The van der Waals surface area contributed by atoms with Crippen LogP contribution in [-0.4, -0.2) is 26.1 Å². The normalized spacial score (nSPS) is 10.1. The van der Waals surface area contributed by atoms with E-state index in [1.54, 1.807) is 0 Å². The van der Waals surface area contributed by atoms with Crippen LogP contribution in [-0.2, 0) is 6.42 Å². The molecule has 0 aromatic carbocycles. The van der Waals surface area contributed by atoms with Crippen molar-refractivity contribution in [3.05, 3.63) is 17.7 Å². The van der Waals surface area contributed by atoms with Gasteiger partial charge < -0.3 is 11.1 Å². The molecule has 0 fully saturated rings. The number of hydrogen-bond donors (Lipinski definition) is 3. The molecule has 7 nitrogen and oxygen atoms in total. The molecule has 2 rings (SSSR count).